The summed E-state index contributed by atoms with van der Waals surface area (Å²) in [5, 5.41) is 69.1. The van der Waals surface area contributed by atoms with Crippen molar-refractivity contribution in [2.24, 2.45) is 17.6 Å². The summed E-state index contributed by atoms with van der Waals surface area (Å²) in [6, 6.07) is 25.0. The van der Waals surface area contributed by atoms with Crippen LogP contribution in [0.4, 0.5) is 0 Å². The van der Waals surface area contributed by atoms with Gasteiger partial charge in [0.05, 0.1) is 24.3 Å². The predicted molar refractivity (Wildman–Crippen MR) is 501 cm³/mol. The van der Waals surface area contributed by atoms with Gasteiger partial charge >= 0.3 is 5.97 Å². The number of phenols is 2. The van der Waals surface area contributed by atoms with E-state index in [0.29, 0.717) is 50.7 Å². The number of amides is 15. The van der Waals surface area contributed by atoms with Gasteiger partial charge in [-0.2, -0.15) is 0 Å². The van der Waals surface area contributed by atoms with Crippen molar-refractivity contribution in [3.8, 4) is 11.5 Å². The van der Waals surface area contributed by atoms with E-state index in [0.717, 1.165) is 31.4 Å². The van der Waals surface area contributed by atoms with Gasteiger partial charge in [0.15, 0.2) is 0 Å². The van der Waals surface area contributed by atoms with Crippen LogP contribution < -0.4 is 58.9 Å². The van der Waals surface area contributed by atoms with Crippen LogP contribution in [0.25, 0.3) is 10.9 Å². The molecule has 0 radical (unpaired) electrons. The molecule has 12 atom stereocenters. The van der Waals surface area contributed by atoms with Crippen LogP contribution >= 0.6 is 20.6 Å². The molecule has 1 saturated heterocycles. The van der Waals surface area contributed by atoms with Crippen LogP contribution in [0.15, 0.2) is 170 Å². The van der Waals surface area contributed by atoms with Crippen LogP contribution in [0.3, 0.4) is 0 Å². The minimum absolute atomic E-state index is 0.0658. The Morgan fingerprint density at radius 3 is 1.47 bits per heavy atom. The van der Waals surface area contributed by atoms with Gasteiger partial charge in [-0.05, 0) is 94.8 Å². The summed E-state index contributed by atoms with van der Waals surface area (Å²) in [6.45, 7) is 6.93. The number of aromatic hydroxyl groups is 2. The number of rotatable bonds is 26. The highest BCUT2D eigenvalue weighted by Gasteiger charge is 2.43. The van der Waals surface area contributed by atoms with Crippen LogP contribution in [-0.4, -0.2) is 270 Å². The number of hydrogen-bond donors (Lipinski definition) is 16. The molecule has 1 fully saturated rings. The average molecular weight is 1870 g/mol. The van der Waals surface area contributed by atoms with E-state index < -0.39 is 222 Å². The van der Waals surface area contributed by atoms with E-state index in [9.17, 15) is 58.8 Å². The third-order valence-corrected chi connectivity index (χ3v) is 23.8. The fourth-order valence-electron chi connectivity index (χ4n) is 15.3. The van der Waals surface area contributed by atoms with E-state index >= 15 is 38.4 Å². The molecule has 17 N–H and O–H groups in total. The Balaban J connectivity index is 1.23. The molecule has 0 saturated carbocycles. The van der Waals surface area contributed by atoms with Gasteiger partial charge in [0, 0.05) is 102 Å². The standard InChI is InChI=1S/C95H121N16O20PS/c1-10-11-31-75-90(126)101-67(40-41-81(117)118)85(121)104-71(49-82(119)132)89(125)107-83(56(4)5)95(131)110(8)76(46-58-25-17-13-18-26-58)91(127)105-72(45-61-34-38-64(113)39-35-61)92(128)108(6)52-79(115)99-70(48-62-50-97-66-30-22-21-29-65(62)66)88(124)103-69(43-60-32-36-63(112)37-33-60)87(123)102-68(42-55(2)3)86(122)106-74(84(120)98-51-78(96)114)53-133-54-80(116)100-73(44-57-23-15-12-16-24-57)93(129)111(9)77(94(130)109(75)7)47-59-27-19-14-20-28-59/h12-30,32-39,50,55-56,67-77,83,97,112-113,119,132H,10-11,31,40-49,51-54H2,1-9H3,(H2,96,114)(H,98,120)(H,99,115)(H,100,116)(H,101,126)(H,102,123)(H,103,124)(H,104,121)(H,105,127)(H,106,122)(H,107,125)(H,117,118)/t67-,68+,69+,70+,71+,72+,73+,74+,75+,76+,77+,83+/m1/s1. The highest BCUT2D eigenvalue weighted by Crippen LogP contribution is 2.25. The van der Waals surface area contributed by atoms with Crippen molar-refractivity contribution >= 4 is 132 Å². The SMILES string of the molecule is CCCC[C@H]1C(=O)N[C@H](CCC(=O)O)C(=O)N[C@@H](CC(O)=P)C(=O)N[C@@H](C(C)C)C(=O)N(C)[C@@H](Cc2ccccc2)C(=O)N[C@@H](Cc2ccc(O)cc2)C(=O)N(C)CC(=O)N[C@@H](Cc2c[nH]c3ccccc23)C(=O)N[C@@H](Cc2ccc(O)cc2)C(=O)N[C@@H](CC(C)C)C(=O)N[C@H](C(=O)NCC(N)=O)CSCC(=O)N[C@@H](Cc2ccccc2)C(=O)N(C)[C@@H](Cc2ccccc2)C(=O)N1C. The van der Waals surface area contributed by atoms with E-state index in [1.54, 1.807) is 149 Å². The van der Waals surface area contributed by atoms with Crippen LogP contribution in [0, 0.1) is 11.8 Å². The average Bonchev–Trinajstić information content (AvgIpc) is 1.79. The molecule has 7 aromatic rings. The molecule has 6 aromatic carbocycles. The number of nitrogens with one attached hydrogen (secondary N) is 11. The molecule has 0 aliphatic carbocycles. The number of aliphatic hydroxyl groups excluding tert-OH is 1. The molecule has 712 valence electrons. The van der Waals surface area contributed by atoms with E-state index in [-0.39, 0.29) is 75.2 Å². The molecule has 1 aromatic heterocycles. The Bertz CT molecular complexity index is 5230. The molecular formula is C95H121N16O20PS. The highest BCUT2D eigenvalue weighted by molar-refractivity contribution is 8.00. The molecular weight excluding hydrogens is 1750 g/mol. The second kappa shape index (κ2) is 51.3. The number of aromatic amines is 1. The summed E-state index contributed by atoms with van der Waals surface area (Å²) in [6.07, 6.45) is -1.27. The van der Waals surface area contributed by atoms with Crippen molar-refractivity contribution in [2.45, 2.75) is 191 Å². The molecule has 133 heavy (non-hydrogen) atoms. The zero-order valence-corrected chi connectivity index (χ0v) is 77.7. The number of carboxylic acid groups (broad SMARTS) is 1. The Morgan fingerprint density at radius 1 is 0.474 bits per heavy atom. The first-order chi connectivity index (χ1) is 63.3. The van der Waals surface area contributed by atoms with Crippen molar-refractivity contribution in [3.05, 3.63) is 203 Å². The molecule has 15 amide bonds. The maximum Gasteiger partial charge on any atom is 0.303 e. The number of aliphatic carboxylic acids is 1. The highest BCUT2D eigenvalue weighted by atomic mass is 32.2. The number of carbonyl (C=O) groups is 16. The largest absolute Gasteiger partial charge is 0.508 e. The van der Waals surface area contributed by atoms with Crippen LogP contribution in [0.5, 0.6) is 11.5 Å². The van der Waals surface area contributed by atoms with Gasteiger partial charge < -0.3 is 104 Å². The zero-order chi connectivity index (χ0) is 97.3. The van der Waals surface area contributed by atoms with E-state index in [2.05, 4.69) is 67.0 Å². The summed E-state index contributed by atoms with van der Waals surface area (Å²) in [5.74, 6) is -17.8. The lowest BCUT2D eigenvalue weighted by molar-refractivity contribution is -0.149. The van der Waals surface area contributed by atoms with Gasteiger partial charge in [0.25, 0.3) is 0 Å². The second-order valence-electron chi connectivity index (χ2n) is 33.9. The minimum Gasteiger partial charge on any atom is -0.508 e. The summed E-state index contributed by atoms with van der Waals surface area (Å²) in [4.78, 5) is 244. The number of aliphatic hydroxyl groups is 1. The number of para-hydroxylation sites is 1. The quantitative estimate of drug-likeness (QED) is 0.0347. The summed E-state index contributed by atoms with van der Waals surface area (Å²) in [5.41, 5.74) is 8.44. The third-order valence-electron chi connectivity index (χ3n) is 22.6. The Hall–Kier alpha value is -13.5. The summed E-state index contributed by atoms with van der Waals surface area (Å²) < 4.78 is 0. The lowest BCUT2D eigenvalue weighted by Gasteiger charge is -2.36. The lowest BCUT2D eigenvalue weighted by atomic mass is 9.98. The normalized spacial score (nSPS) is 22.1. The van der Waals surface area contributed by atoms with Crippen LogP contribution in [0.1, 0.15) is 113 Å². The number of unbranched alkanes of at least 4 members (excludes halogenated alkanes) is 1. The molecule has 1 aliphatic rings. The molecule has 0 bridgehead atoms. The van der Waals surface area contributed by atoms with E-state index in [1.165, 1.54) is 76.7 Å². The molecule has 8 rings (SSSR count). The van der Waals surface area contributed by atoms with Crippen molar-refractivity contribution in [2.75, 3.05) is 52.8 Å². The number of phenolic OH excluding ortho intramolecular Hbond substituents is 2. The van der Waals surface area contributed by atoms with E-state index in [1.807, 2.05) is 6.92 Å². The van der Waals surface area contributed by atoms with Crippen molar-refractivity contribution < 1.29 is 97.1 Å². The fraction of sp³-hybridized carbons (Fsp3) is 0.421. The number of primary amides is 1. The van der Waals surface area contributed by atoms with Crippen LogP contribution in [0.2, 0.25) is 0 Å². The number of benzene rings is 6. The second-order valence-corrected chi connectivity index (χ2v) is 35.5. The molecule has 36 nitrogen and oxygen atoms in total. The Morgan fingerprint density at radius 2 is 0.925 bits per heavy atom. The Kier molecular flexibility index (Phi) is 40.4. The fourth-order valence-corrected chi connectivity index (χ4v) is 16.3. The van der Waals surface area contributed by atoms with E-state index in [4.69, 9.17) is 5.73 Å². The number of thioether (sulfide) groups is 1. The van der Waals surface area contributed by atoms with Gasteiger partial charge in [-0.25, -0.2) is 0 Å². The summed E-state index contributed by atoms with van der Waals surface area (Å²) >= 11 is 0.813. The molecule has 0 unspecified atom stereocenters. The number of fused-ring (bicyclic) bond motifs is 1. The monoisotopic (exact) mass is 1870 g/mol. The van der Waals surface area contributed by atoms with Crippen molar-refractivity contribution in [3.63, 3.8) is 0 Å². The van der Waals surface area contributed by atoms with Gasteiger partial charge in [-0.1, -0.05) is 190 Å². The number of H-pyrrole nitrogens is 1. The van der Waals surface area contributed by atoms with Gasteiger partial charge in [-0.3, -0.25) is 76.7 Å². The maximum atomic E-state index is 15.7. The number of carbonyl (C=O) groups excluding carboxylic acids is 15. The third kappa shape index (κ3) is 32.5. The smallest absolute Gasteiger partial charge is 0.303 e. The topological polar surface area (TPSA) is 529 Å². The predicted octanol–water partition coefficient (Wildman–Crippen LogP) is 2.78. The van der Waals surface area contributed by atoms with Crippen LogP contribution in [-0.2, 0) is 115 Å². The van der Waals surface area contributed by atoms with Crippen molar-refractivity contribution in [1.29, 1.82) is 0 Å². The first-order valence-electron chi connectivity index (χ1n) is 43.9. The number of likely N-dealkylation sites (N-methyl/N-ethyl adjacent to an activating group) is 4. The zero-order valence-electron chi connectivity index (χ0n) is 75.9. The molecule has 1 aliphatic heterocycles. The lowest BCUT2D eigenvalue weighted by Crippen LogP contribution is -2.62. The van der Waals surface area contributed by atoms with Crippen molar-refractivity contribution in [1.82, 2.24) is 77.8 Å². The number of carboxylic acids is 1. The minimum atomic E-state index is -1.81. The number of nitrogens with two attached hydrogens (primary N) is 1. The van der Waals surface area contributed by atoms with Gasteiger partial charge in [-0.15, -0.1) is 11.8 Å². The Labute approximate surface area is 778 Å². The summed E-state index contributed by atoms with van der Waals surface area (Å²) in [7, 11) is 8.22. The number of hydrogen-bond acceptors (Lipinski definition) is 19. The molecule has 2 heterocycles. The first kappa shape index (κ1) is 105. The van der Waals surface area contributed by atoms with Gasteiger partial charge in [0.2, 0.25) is 88.6 Å². The van der Waals surface area contributed by atoms with Gasteiger partial charge in [0.1, 0.15) is 84.0 Å². The first-order valence-corrected chi connectivity index (χ1v) is 45.5. The molecule has 38 heteroatoms. The molecule has 0 spiro atoms. The number of aromatic nitrogens is 1. The maximum absolute atomic E-state index is 15.7. The number of nitrogens with zero attached hydrogens (tertiary/aromatic N) is 4.